The first-order valence-corrected chi connectivity index (χ1v) is 10.6. The van der Waals surface area contributed by atoms with E-state index in [0.717, 1.165) is 53.8 Å². The number of benzene rings is 2. The summed E-state index contributed by atoms with van der Waals surface area (Å²) in [5.41, 5.74) is 2.17. The lowest BCUT2D eigenvalue weighted by Crippen LogP contribution is -2.51. The summed E-state index contributed by atoms with van der Waals surface area (Å²) in [5, 5.41) is 22.1. The fraction of sp³-hybridized carbons (Fsp3) is 0.391. The number of nitrogens with zero attached hydrogens (tertiary/aromatic N) is 3. The maximum atomic E-state index is 11.5. The van der Waals surface area contributed by atoms with E-state index in [2.05, 4.69) is 43.5 Å². The number of nitrogens with one attached hydrogen (secondary N) is 2. The topological polar surface area (TPSA) is 93.7 Å². The molecule has 1 amide bonds. The number of carbonyl (C=O) groups excluding carboxylic acids is 1. The number of ether oxygens (including phenoxy) is 1. The Kier molecular flexibility index (Phi) is 6.81. The molecule has 0 bridgehead atoms. The summed E-state index contributed by atoms with van der Waals surface area (Å²) in [6.07, 6.45) is 3.12. The van der Waals surface area contributed by atoms with Gasteiger partial charge in [0.15, 0.2) is 0 Å². The molecule has 1 saturated heterocycles. The first kappa shape index (κ1) is 21.3. The lowest BCUT2D eigenvalue weighted by molar-refractivity contribution is -0.122. The number of hydrogen-bond acceptors (Lipinski definition) is 6. The second-order valence-corrected chi connectivity index (χ2v) is 7.93. The van der Waals surface area contributed by atoms with Gasteiger partial charge in [-0.3, -0.25) is 19.7 Å². The summed E-state index contributed by atoms with van der Waals surface area (Å²) >= 11 is 0. The summed E-state index contributed by atoms with van der Waals surface area (Å²) in [6, 6.07) is 12.2. The fourth-order valence-electron chi connectivity index (χ4n) is 3.86. The molecular formula is C23H29N5O3. The quantitative estimate of drug-likeness (QED) is 0.506. The number of piperazine rings is 1. The van der Waals surface area contributed by atoms with E-state index >= 15 is 0 Å². The SMILES string of the molecule is CNC(=O)CN1CCN(CC(O)COc2ccc3cc(-c4cn[nH]c4)ccc3c2)CC1. The highest BCUT2D eigenvalue weighted by atomic mass is 16.5. The molecule has 0 radical (unpaired) electrons. The Labute approximate surface area is 181 Å². The van der Waals surface area contributed by atoms with E-state index < -0.39 is 6.10 Å². The van der Waals surface area contributed by atoms with E-state index in [4.69, 9.17) is 4.74 Å². The molecule has 3 N–H and O–H groups in total. The van der Waals surface area contributed by atoms with Crippen LogP contribution in [0.25, 0.3) is 21.9 Å². The molecule has 8 heteroatoms. The second-order valence-electron chi connectivity index (χ2n) is 7.93. The van der Waals surface area contributed by atoms with Gasteiger partial charge in [0.05, 0.1) is 12.7 Å². The molecule has 1 atom stereocenters. The molecule has 31 heavy (non-hydrogen) atoms. The predicted molar refractivity (Wildman–Crippen MR) is 120 cm³/mol. The molecule has 2 aromatic carbocycles. The maximum absolute atomic E-state index is 11.5. The van der Waals surface area contributed by atoms with Crippen molar-refractivity contribution in [2.24, 2.45) is 0 Å². The number of H-pyrrole nitrogens is 1. The van der Waals surface area contributed by atoms with Crippen molar-refractivity contribution in [1.29, 1.82) is 0 Å². The Hall–Kier alpha value is -2.94. The van der Waals surface area contributed by atoms with Crippen molar-refractivity contribution in [1.82, 2.24) is 25.3 Å². The van der Waals surface area contributed by atoms with Gasteiger partial charge >= 0.3 is 0 Å². The number of β-amino-alcohol motifs (C(OH)–C–C–N with tert-alkyl or cyclic N) is 1. The average Bonchev–Trinajstić information content (AvgIpc) is 3.33. The third-order valence-corrected chi connectivity index (χ3v) is 5.67. The standard InChI is InChI=1S/C23H29N5O3/c1-24-23(30)15-28-8-6-27(7-9-28)14-21(29)16-31-22-5-4-17-10-18(2-3-19(17)11-22)20-12-25-26-13-20/h2-5,10-13,21,29H,6-9,14-16H2,1H3,(H,24,30)(H,25,26). The monoisotopic (exact) mass is 423 g/mol. The van der Waals surface area contributed by atoms with E-state index in [1.807, 2.05) is 30.6 Å². The van der Waals surface area contributed by atoms with Crippen LogP contribution >= 0.6 is 0 Å². The van der Waals surface area contributed by atoms with Gasteiger partial charge in [0, 0.05) is 51.5 Å². The van der Waals surface area contributed by atoms with Crippen LogP contribution in [0.3, 0.4) is 0 Å². The van der Waals surface area contributed by atoms with Gasteiger partial charge in [-0.1, -0.05) is 18.2 Å². The average molecular weight is 424 g/mol. The number of rotatable bonds is 8. The molecule has 1 fully saturated rings. The van der Waals surface area contributed by atoms with E-state index in [1.165, 1.54) is 0 Å². The number of hydrogen-bond donors (Lipinski definition) is 3. The molecule has 0 saturated carbocycles. The molecule has 8 nitrogen and oxygen atoms in total. The highest BCUT2D eigenvalue weighted by Gasteiger charge is 2.20. The summed E-state index contributed by atoms with van der Waals surface area (Å²) in [6.45, 7) is 4.57. The van der Waals surface area contributed by atoms with Crippen molar-refractivity contribution >= 4 is 16.7 Å². The number of likely N-dealkylation sites (N-methyl/N-ethyl adjacent to an activating group) is 1. The highest BCUT2D eigenvalue weighted by Crippen LogP contribution is 2.26. The van der Waals surface area contributed by atoms with Gasteiger partial charge in [0.25, 0.3) is 0 Å². The van der Waals surface area contributed by atoms with Gasteiger partial charge in [-0.15, -0.1) is 0 Å². The normalized spacial score (nSPS) is 16.3. The zero-order chi connectivity index (χ0) is 21.6. The highest BCUT2D eigenvalue weighted by molar-refractivity contribution is 5.88. The van der Waals surface area contributed by atoms with Crippen LogP contribution in [0.4, 0.5) is 0 Å². The Morgan fingerprint density at radius 1 is 1.13 bits per heavy atom. The Balaban J connectivity index is 1.26. The number of fused-ring (bicyclic) bond motifs is 1. The number of aliphatic hydroxyl groups excluding tert-OH is 1. The lowest BCUT2D eigenvalue weighted by atomic mass is 10.0. The minimum Gasteiger partial charge on any atom is -0.491 e. The minimum atomic E-state index is -0.565. The zero-order valence-corrected chi connectivity index (χ0v) is 17.8. The van der Waals surface area contributed by atoms with Gasteiger partial charge in [-0.2, -0.15) is 5.10 Å². The first-order valence-electron chi connectivity index (χ1n) is 10.6. The Bertz CT molecular complexity index is 1000. The van der Waals surface area contributed by atoms with Crippen LogP contribution in [0.5, 0.6) is 5.75 Å². The summed E-state index contributed by atoms with van der Waals surface area (Å²) in [4.78, 5) is 15.8. The molecule has 4 rings (SSSR count). The van der Waals surface area contributed by atoms with Crippen LogP contribution in [0.1, 0.15) is 0 Å². The Morgan fingerprint density at radius 3 is 2.61 bits per heavy atom. The van der Waals surface area contributed by atoms with Crippen LogP contribution in [-0.4, -0.2) is 90.0 Å². The molecule has 1 aliphatic rings. The van der Waals surface area contributed by atoms with Gasteiger partial charge in [-0.05, 0) is 34.5 Å². The number of aromatic nitrogens is 2. The number of amides is 1. The van der Waals surface area contributed by atoms with Crippen molar-refractivity contribution in [3.8, 4) is 16.9 Å². The fourth-order valence-corrected chi connectivity index (χ4v) is 3.86. The second kappa shape index (κ2) is 9.91. The molecule has 1 aromatic heterocycles. The minimum absolute atomic E-state index is 0.0370. The summed E-state index contributed by atoms with van der Waals surface area (Å²) in [5.74, 6) is 0.785. The van der Waals surface area contributed by atoms with E-state index in [-0.39, 0.29) is 12.5 Å². The molecule has 2 heterocycles. The van der Waals surface area contributed by atoms with Gasteiger partial charge < -0.3 is 15.2 Å². The van der Waals surface area contributed by atoms with E-state index in [0.29, 0.717) is 13.1 Å². The van der Waals surface area contributed by atoms with E-state index in [1.54, 1.807) is 7.05 Å². The molecule has 3 aromatic rings. The van der Waals surface area contributed by atoms with Crippen molar-refractivity contribution < 1.29 is 14.6 Å². The van der Waals surface area contributed by atoms with Crippen LogP contribution < -0.4 is 10.1 Å². The predicted octanol–water partition coefficient (Wildman–Crippen LogP) is 1.33. The maximum Gasteiger partial charge on any atom is 0.233 e. The van der Waals surface area contributed by atoms with Crippen LogP contribution in [0.15, 0.2) is 48.8 Å². The molecule has 1 unspecified atom stereocenters. The first-order chi connectivity index (χ1) is 15.1. The van der Waals surface area contributed by atoms with Gasteiger partial charge in [-0.25, -0.2) is 0 Å². The lowest BCUT2D eigenvalue weighted by Gasteiger charge is -2.35. The van der Waals surface area contributed by atoms with Crippen LogP contribution in [-0.2, 0) is 4.79 Å². The van der Waals surface area contributed by atoms with Crippen LogP contribution in [0.2, 0.25) is 0 Å². The van der Waals surface area contributed by atoms with Crippen molar-refractivity contribution in [2.75, 3.05) is 52.9 Å². The van der Waals surface area contributed by atoms with E-state index in [9.17, 15) is 9.90 Å². The van der Waals surface area contributed by atoms with Crippen LogP contribution in [0, 0.1) is 0 Å². The zero-order valence-electron chi connectivity index (χ0n) is 17.8. The van der Waals surface area contributed by atoms with Gasteiger partial charge in [0.1, 0.15) is 18.5 Å². The third-order valence-electron chi connectivity index (χ3n) is 5.67. The smallest absolute Gasteiger partial charge is 0.233 e. The van der Waals surface area contributed by atoms with Crippen molar-refractivity contribution in [3.63, 3.8) is 0 Å². The van der Waals surface area contributed by atoms with Crippen molar-refractivity contribution in [3.05, 3.63) is 48.8 Å². The number of aliphatic hydroxyl groups is 1. The number of carbonyl (C=O) groups is 1. The number of aromatic amines is 1. The summed E-state index contributed by atoms with van der Waals surface area (Å²) in [7, 11) is 1.66. The molecular weight excluding hydrogens is 394 g/mol. The molecule has 0 spiro atoms. The third kappa shape index (κ3) is 5.61. The molecule has 164 valence electrons. The van der Waals surface area contributed by atoms with Gasteiger partial charge in [0.2, 0.25) is 5.91 Å². The largest absolute Gasteiger partial charge is 0.491 e. The van der Waals surface area contributed by atoms with Crippen molar-refractivity contribution in [2.45, 2.75) is 6.10 Å². The Morgan fingerprint density at radius 2 is 1.87 bits per heavy atom. The molecule has 0 aliphatic carbocycles. The molecule has 1 aliphatic heterocycles. The summed E-state index contributed by atoms with van der Waals surface area (Å²) < 4.78 is 5.85.